The first-order chi connectivity index (χ1) is 12.6. The van der Waals surface area contributed by atoms with Gasteiger partial charge in [-0.15, -0.1) is 11.8 Å². The van der Waals surface area contributed by atoms with Crippen molar-refractivity contribution in [2.45, 2.75) is 36.5 Å². The van der Waals surface area contributed by atoms with E-state index in [0.717, 1.165) is 53.0 Å². The molecule has 0 aromatic heterocycles. The van der Waals surface area contributed by atoms with Crippen molar-refractivity contribution in [1.29, 1.82) is 0 Å². The molecule has 4 rings (SSSR count). The Bertz CT molecular complexity index is 787. The van der Waals surface area contributed by atoms with Crippen molar-refractivity contribution in [3.8, 4) is 0 Å². The molecule has 0 bridgehead atoms. The van der Waals surface area contributed by atoms with E-state index in [9.17, 15) is 4.79 Å². The second kappa shape index (κ2) is 7.57. The first-order valence-corrected chi connectivity index (χ1v) is 11.3. The summed E-state index contributed by atoms with van der Waals surface area (Å²) in [6, 6.07) is 16.3. The Kier molecular flexibility index (Phi) is 5.36. The third kappa shape index (κ3) is 3.32. The molecule has 1 saturated carbocycles. The van der Waals surface area contributed by atoms with E-state index < -0.39 is 0 Å². The van der Waals surface area contributed by atoms with Crippen LogP contribution in [-0.2, 0) is 10.2 Å². The van der Waals surface area contributed by atoms with E-state index >= 15 is 0 Å². The van der Waals surface area contributed by atoms with Crippen LogP contribution in [0.5, 0.6) is 0 Å². The number of hydrogen-bond acceptors (Lipinski definition) is 2. The van der Waals surface area contributed by atoms with E-state index in [-0.39, 0.29) is 16.7 Å². The van der Waals surface area contributed by atoms with Gasteiger partial charge in [-0.05, 0) is 48.2 Å². The lowest BCUT2D eigenvalue weighted by molar-refractivity contribution is -0.137. The maximum atomic E-state index is 13.8. The van der Waals surface area contributed by atoms with Gasteiger partial charge in [0, 0.05) is 21.8 Å². The Labute approximate surface area is 172 Å². The van der Waals surface area contributed by atoms with Crippen LogP contribution in [0.15, 0.2) is 53.0 Å². The van der Waals surface area contributed by atoms with Crippen LogP contribution in [0, 0.1) is 0 Å². The molecule has 0 spiro atoms. The van der Waals surface area contributed by atoms with Crippen LogP contribution >= 0.6 is 39.3 Å². The van der Waals surface area contributed by atoms with Gasteiger partial charge in [-0.2, -0.15) is 0 Å². The minimum atomic E-state index is -0.386. The van der Waals surface area contributed by atoms with E-state index in [1.807, 2.05) is 36.0 Å². The molecule has 2 fully saturated rings. The third-order valence-electron chi connectivity index (χ3n) is 5.57. The Morgan fingerprint density at radius 1 is 1.08 bits per heavy atom. The van der Waals surface area contributed by atoms with Gasteiger partial charge >= 0.3 is 0 Å². The minimum Gasteiger partial charge on any atom is -0.325 e. The fourth-order valence-electron chi connectivity index (χ4n) is 4.23. The molecule has 2 nitrogen and oxygen atoms in total. The predicted molar refractivity (Wildman–Crippen MR) is 113 cm³/mol. The van der Waals surface area contributed by atoms with Gasteiger partial charge in [0.25, 0.3) is 0 Å². The van der Waals surface area contributed by atoms with Crippen molar-refractivity contribution in [3.63, 3.8) is 0 Å². The molecular formula is C21H21BrClNOS. The highest BCUT2D eigenvalue weighted by atomic mass is 79.9. The molecule has 2 aliphatic rings. The molecule has 0 radical (unpaired) electrons. The van der Waals surface area contributed by atoms with Gasteiger partial charge in [-0.3, -0.25) is 4.79 Å². The van der Waals surface area contributed by atoms with Gasteiger partial charge in [0.05, 0.1) is 5.41 Å². The summed E-state index contributed by atoms with van der Waals surface area (Å²) in [5, 5.41) is 0.833. The number of carbonyl (C=O) groups is 1. The second-order valence-corrected chi connectivity index (χ2v) is 9.61. The molecule has 1 unspecified atom stereocenters. The topological polar surface area (TPSA) is 20.3 Å². The molecule has 2 aromatic rings. The number of thioether (sulfide) groups is 1. The SMILES string of the molecule is O=C(N1CCSC1c1ccc(Br)cc1)C1(c2ccc(Cl)cc2)CCCC1. The normalized spacial score (nSPS) is 21.9. The minimum absolute atomic E-state index is 0.111. The van der Waals surface area contributed by atoms with Crippen LogP contribution < -0.4 is 0 Å². The maximum absolute atomic E-state index is 13.8. The highest BCUT2D eigenvalue weighted by molar-refractivity contribution is 9.10. The number of nitrogens with zero attached hydrogens (tertiary/aromatic N) is 1. The van der Waals surface area contributed by atoms with Crippen LogP contribution in [0.1, 0.15) is 42.2 Å². The summed E-state index contributed by atoms with van der Waals surface area (Å²) >= 11 is 11.4. The van der Waals surface area contributed by atoms with Gasteiger partial charge in [-0.1, -0.05) is 64.6 Å². The first-order valence-electron chi connectivity index (χ1n) is 9.04. The largest absolute Gasteiger partial charge is 0.325 e. The predicted octanol–water partition coefficient (Wildman–Crippen LogP) is 6.19. The van der Waals surface area contributed by atoms with Crippen LogP contribution in [0.25, 0.3) is 0 Å². The molecule has 1 aliphatic carbocycles. The van der Waals surface area contributed by atoms with Crippen LogP contribution in [-0.4, -0.2) is 23.1 Å². The lowest BCUT2D eigenvalue weighted by Gasteiger charge is -2.35. The zero-order chi connectivity index (χ0) is 18.1. The van der Waals surface area contributed by atoms with E-state index in [1.165, 1.54) is 5.56 Å². The highest BCUT2D eigenvalue weighted by Crippen LogP contribution is 2.47. The van der Waals surface area contributed by atoms with Crippen molar-refractivity contribution in [2.24, 2.45) is 0 Å². The Balaban J connectivity index is 1.67. The third-order valence-corrected chi connectivity index (χ3v) is 7.61. The number of amides is 1. The molecule has 2 aromatic carbocycles. The standard InChI is InChI=1S/C21H21BrClNOS/c22-17-7-3-15(4-8-17)19-24(13-14-26-19)20(25)21(11-1-2-12-21)16-5-9-18(23)10-6-16/h3-10,19H,1-2,11-14H2. The second-order valence-electron chi connectivity index (χ2n) is 7.07. The summed E-state index contributed by atoms with van der Waals surface area (Å²) in [4.78, 5) is 15.9. The molecule has 1 saturated heterocycles. The number of carbonyl (C=O) groups excluding carboxylic acids is 1. The van der Waals surface area contributed by atoms with Crippen molar-refractivity contribution in [3.05, 3.63) is 69.2 Å². The quantitative estimate of drug-likeness (QED) is 0.556. The van der Waals surface area contributed by atoms with Gasteiger partial charge in [0.2, 0.25) is 5.91 Å². The van der Waals surface area contributed by atoms with Gasteiger partial charge in [0.15, 0.2) is 0 Å². The molecule has 0 N–H and O–H groups in total. The molecule has 136 valence electrons. The number of hydrogen-bond donors (Lipinski definition) is 0. The van der Waals surface area contributed by atoms with E-state index in [1.54, 1.807) is 0 Å². The van der Waals surface area contributed by atoms with Crippen LogP contribution in [0.3, 0.4) is 0 Å². The first kappa shape index (κ1) is 18.4. The van der Waals surface area contributed by atoms with Crippen LogP contribution in [0.4, 0.5) is 0 Å². The van der Waals surface area contributed by atoms with Gasteiger partial charge < -0.3 is 4.90 Å². The Morgan fingerprint density at radius 2 is 1.73 bits per heavy atom. The fourth-order valence-corrected chi connectivity index (χ4v) is 5.88. The van der Waals surface area contributed by atoms with Crippen molar-refractivity contribution >= 4 is 45.2 Å². The molecule has 1 amide bonds. The van der Waals surface area contributed by atoms with Crippen molar-refractivity contribution in [2.75, 3.05) is 12.3 Å². The molecule has 5 heteroatoms. The Hall–Kier alpha value is -0.970. The zero-order valence-corrected chi connectivity index (χ0v) is 17.6. The average Bonchev–Trinajstić information content (AvgIpc) is 3.33. The molecule has 1 atom stereocenters. The summed E-state index contributed by atoms with van der Waals surface area (Å²) in [7, 11) is 0. The summed E-state index contributed by atoms with van der Waals surface area (Å²) in [6.45, 7) is 0.819. The summed E-state index contributed by atoms with van der Waals surface area (Å²) < 4.78 is 1.07. The molecule has 26 heavy (non-hydrogen) atoms. The lowest BCUT2D eigenvalue weighted by atomic mass is 9.77. The number of halogens is 2. The molecular weight excluding hydrogens is 430 g/mol. The lowest BCUT2D eigenvalue weighted by Crippen LogP contribution is -2.45. The monoisotopic (exact) mass is 449 g/mol. The van der Waals surface area contributed by atoms with Crippen molar-refractivity contribution < 1.29 is 4.79 Å². The summed E-state index contributed by atoms with van der Waals surface area (Å²) in [5.41, 5.74) is 1.94. The fraction of sp³-hybridized carbons (Fsp3) is 0.381. The van der Waals surface area contributed by atoms with E-state index in [4.69, 9.17) is 11.6 Å². The van der Waals surface area contributed by atoms with Gasteiger partial charge in [0.1, 0.15) is 5.37 Å². The van der Waals surface area contributed by atoms with Gasteiger partial charge in [-0.25, -0.2) is 0 Å². The van der Waals surface area contributed by atoms with E-state index in [0.29, 0.717) is 0 Å². The zero-order valence-electron chi connectivity index (χ0n) is 14.5. The molecule has 1 heterocycles. The van der Waals surface area contributed by atoms with Crippen molar-refractivity contribution in [1.82, 2.24) is 4.90 Å². The highest BCUT2D eigenvalue weighted by Gasteiger charge is 2.47. The summed E-state index contributed by atoms with van der Waals surface area (Å²) in [6.07, 6.45) is 4.08. The average molecular weight is 451 g/mol. The van der Waals surface area contributed by atoms with E-state index in [2.05, 4.69) is 45.1 Å². The Morgan fingerprint density at radius 3 is 2.38 bits per heavy atom. The van der Waals surface area contributed by atoms with Crippen LogP contribution in [0.2, 0.25) is 5.02 Å². The number of rotatable bonds is 3. The number of benzene rings is 2. The maximum Gasteiger partial charge on any atom is 0.234 e. The smallest absolute Gasteiger partial charge is 0.234 e. The summed E-state index contributed by atoms with van der Waals surface area (Å²) in [5.74, 6) is 1.28. The molecule has 1 aliphatic heterocycles.